The number of nitrogens with one attached hydrogen (secondary N) is 3. The Morgan fingerprint density at radius 1 is 0.968 bits per heavy atom. The Kier molecular flexibility index (Phi) is 13.6. The average Bonchev–Trinajstić information content (AvgIpc) is 4.08. The molecule has 0 spiro atoms. The fourth-order valence-corrected chi connectivity index (χ4v) is 8.80. The Labute approximate surface area is 368 Å². The Morgan fingerprint density at radius 3 is 2.40 bits per heavy atom. The third kappa shape index (κ3) is 10.7. The smallest absolute Gasteiger partial charge is 0.419 e. The fraction of sp³-hybridized carbons (Fsp3) is 0.455. The highest BCUT2D eigenvalue weighted by molar-refractivity contribution is 7.81. The minimum atomic E-state index is -4.86. The van der Waals surface area contributed by atoms with Gasteiger partial charge in [0.25, 0.3) is 0 Å². The Balaban J connectivity index is 0.958. The lowest BCUT2D eigenvalue weighted by Crippen LogP contribution is -2.58. The summed E-state index contributed by atoms with van der Waals surface area (Å²) in [5.41, 5.74) is 0.691. The number of ether oxygens (including phenoxy) is 1. The number of pyridine rings is 1. The number of carbonyl (C=O) groups is 4. The molecule has 0 radical (unpaired) electrons. The Morgan fingerprint density at radius 2 is 1.71 bits per heavy atom. The van der Waals surface area contributed by atoms with E-state index in [1.807, 2.05) is 18.2 Å². The number of hydrogen-bond donors (Lipinski definition) is 3. The van der Waals surface area contributed by atoms with Gasteiger partial charge in [-0.05, 0) is 112 Å². The van der Waals surface area contributed by atoms with Crippen LogP contribution in [0, 0.1) is 22.7 Å². The van der Waals surface area contributed by atoms with Crippen molar-refractivity contribution in [3.63, 3.8) is 0 Å². The highest BCUT2D eigenvalue weighted by Gasteiger charge is 2.38. The maximum atomic E-state index is 13.9. The summed E-state index contributed by atoms with van der Waals surface area (Å²) in [4.78, 5) is 61.6. The van der Waals surface area contributed by atoms with Crippen molar-refractivity contribution in [2.45, 2.75) is 89.0 Å². The molecule has 63 heavy (non-hydrogen) atoms. The molecule has 1 unspecified atom stereocenters. The van der Waals surface area contributed by atoms with Gasteiger partial charge in [-0.15, -0.1) is 0 Å². The van der Waals surface area contributed by atoms with Gasteiger partial charge in [-0.1, -0.05) is 0 Å². The maximum Gasteiger partial charge on any atom is 0.419 e. The summed E-state index contributed by atoms with van der Waals surface area (Å²) in [6, 6.07) is 14.3. The summed E-state index contributed by atoms with van der Waals surface area (Å²) in [6.07, 6.45) is -0.0966. The standard InChI is InChI=1S/C44H47F3N10O5S/c1-26-23-54(24-27(2)56(26)25-40(59)52-31-16-28(20-48)15-30(17-31)51-36-9-11-39(58)53-42(36)61)13-14-62-38-10-8-32(18-34(38)29-6-7-29)55-12-4-3-5-41(60)57(43(55)63)33-19-35(44(45,46)47)37(21-49)50-22-33/h8,10,15-19,22,26-27,29,36,51H,3-7,9,11-14,23-25H2,1-2H3,(H,52,59)(H,53,58,61)/t26-,27+,36?. The molecule has 4 aliphatic rings. The first kappa shape index (κ1) is 44.9. The number of benzene rings is 2. The van der Waals surface area contributed by atoms with E-state index in [4.69, 9.17) is 17.0 Å². The molecule has 2 aromatic carbocycles. The van der Waals surface area contributed by atoms with Gasteiger partial charge in [0.1, 0.15) is 24.5 Å². The monoisotopic (exact) mass is 884 g/mol. The van der Waals surface area contributed by atoms with Gasteiger partial charge in [-0.2, -0.15) is 23.7 Å². The number of alkyl halides is 3. The van der Waals surface area contributed by atoms with Crippen molar-refractivity contribution in [3.05, 3.63) is 71.0 Å². The minimum absolute atomic E-state index is 0.0243. The summed E-state index contributed by atoms with van der Waals surface area (Å²) in [5.74, 6) is -0.487. The second-order valence-electron chi connectivity index (χ2n) is 16.4. The van der Waals surface area contributed by atoms with E-state index in [0.717, 1.165) is 41.3 Å². The number of aromatic nitrogens is 1. The van der Waals surface area contributed by atoms with Crippen LogP contribution in [0.4, 0.5) is 35.9 Å². The van der Waals surface area contributed by atoms with Crippen molar-refractivity contribution in [2.24, 2.45) is 0 Å². The molecule has 4 fully saturated rings. The second kappa shape index (κ2) is 19.1. The average molecular weight is 885 g/mol. The van der Waals surface area contributed by atoms with Crippen LogP contribution in [0.3, 0.4) is 0 Å². The van der Waals surface area contributed by atoms with Crippen molar-refractivity contribution >= 4 is 63.7 Å². The molecule has 3 N–H and O–H groups in total. The van der Waals surface area contributed by atoms with E-state index in [1.54, 1.807) is 23.1 Å². The van der Waals surface area contributed by atoms with Crippen LogP contribution in [-0.4, -0.2) is 101 Å². The second-order valence-corrected chi connectivity index (χ2v) is 16.8. The number of carbonyl (C=O) groups excluding carboxylic acids is 4. The Hall–Kier alpha value is -6.15. The molecular formula is C44H47F3N10O5S. The molecule has 3 aliphatic heterocycles. The first-order valence-corrected chi connectivity index (χ1v) is 21.3. The van der Waals surface area contributed by atoms with Gasteiger partial charge in [0.2, 0.25) is 23.6 Å². The number of rotatable bonds is 12. The van der Waals surface area contributed by atoms with Gasteiger partial charge < -0.3 is 20.3 Å². The number of nitrogens with zero attached hydrogens (tertiary/aromatic N) is 7. The van der Waals surface area contributed by atoms with Gasteiger partial charge in [0.15, 0.2) is 10.8 Å². The predicted octanol–water partition coefficient (Wildman–Crippen LogP) is 5.66. The zero-order valence-electron chi connectivity index (χ0n) is 34.8. The molecule has 1 saturated carbocycles. The van der Waals surface area contributed by atoms with Crippen molar-refractivity contribution in [2.75, 3.05) is 59.8 Å². The van der Waals surface area contributed by atoms with Crippen LogP contribution in [0.1, 0.15) is 87.1 Å². The van der Waals surface area contributed by atoms with Crippen LogP contribution in [0.25, 0.3) is 0 Å². The summed E-state index contributed by atoms with van der Waals surface area (Å²) in [7, 11) is 0. The third-order valence-electron chi connectivity index (χ3n) is 11.7. The molecule has 7 rings (SSSR count). The van der Waals surface area contributed by atoms with Crippen LogP contribution in [0.2, 0.25) is 0 Å². The van der Waals surface area contributed by atoms with E-state index in [9.17, 15) is 42.9 Å². The molecule has 4 amide bonds. The number of piperazine rings is 1. The first-order chi connectivity index (χ1) is 30.1. The van der Waals surface area contributed by atoms with Crippen LogP contribution in [0.15, 0.2) is 48.7 Å². The molecule has 3 aromatic rings. The topological polar surface area (TPSA) is 187 Å². The van der Waals surface area contributed by atoms with E-state index < -0.39 is 35.3 Å². The predicted molar refractivity (Wildman–Crippen MR) is 231 cm³/mol. The van der Waals surface area contributed by atoms with E-state index >= 15 is 0 Å². The molecule has 330 valence electrons. The lowest BCUT2D eigenvalue weighted by molar-refractivity contribution is -0.138. The third-order valence-corrected chi connectivity index (χ3v) is 12.1. The highest BCUT2D eigenvalue weighted by Crippen LogP contribution is 2.46. The molecule has 1 aromatic heterocycles. The number of imide groups is 1. The summed E-state index contributed by atoms with van der Waals surface area (Å²) in [5, 5.41) is 27.2. The molecule has 4 heterocycles. The van der Waals surface area contributed by atoms with Gasteiger partial charge in [0, 0.05) is 68.2 Å². The lowest BCUT2D eigenvalue weighted by Gasteiger charge is -2.44. The summed E-state index contributed by atoms with van der Waals surface area (Å²) in [6.45, 7) is 7.12. The molecular weight excluding hydrogens is 838 g/mol. The maximum absolute atomic E-state index is 13.9. The van der Waals surface area contributed by atoms with Crippen LogP contribution >= 0.6 is 12.2 Å². The molecule has 3 atom stereocenters. The number of hydrogen-bond acceptors (Lipinski definition) is 12. The minimum Gasteiger partial charge on any atom is -0.492 e. The van der Waals surface area contributed by atoms with E-state index in [0.29, 0.717) is 74.7 Å². The van der Waals surface area contributed by atoms with E-state index in [2.05, 4.69) is 50.7 Å². The molecule has 3 saturated heterocycles. The number of piperidine rings is 1. The number of halogens is 3. The van der Waals surface area contributed by atoms with E-state index in [1.165, 1.54) is 6.07 Å². The van der Waals surface area contributed by atoms with Crippen molar-refractivity contribution in [3.8, 4) is 17.9 Å². The molecule has 19 heteroatoms. The summed E-state index contributed by atoms with van der Waals surface area (Å²) >= 11 is 5.82. The van der Waals surface area contributed by atoms with Gasteiger partial charge >= 0.3 is 6.18 Å². The largest absolute Gasteiger partial charge is 0.492 e. The zero-order chi connectivity index (χ0) is 45.0. The van der Waals surface area contributed by atoms with Crippen LogP contribution in [0.5, 0.6) is 5.75 Å². The molecule has 1 aliphatic carbocycles. The quantitative estimate of drug-likeness (QED) is 0.150. The number of anilines is 4. The first-order valence-electron chi connectivity index (χ1n) is 20.9. The number of thiocarbonyl (C=S) groups is 1. The summed E-state index contributed by atoms with van der Waals surface area (Å²) < 4.78 is 48.0. The van der Waals surface area contributed by atoms with Crippen molar-refractivity contribution in [1.29, 1.82) is 10.5 Å². The molecule has 0 bridgehead atoms. The number of nitriles is 2. The van der Waals surface area contributed by atoms with Crippen LogP contribution < -0.4 is 30.5 Å². The van der Waals surface area contributed by atoms with Crippen molar-refractivity contribution < 1.29 is 37.1 Å². The van der Waals surface area contributed by atoms with Crippen molar-refractivity contribution in [1.82, 2.24) is 20.1 Å². The lowest BCUT2D eigenvalue weighted by atomic mass is 10.1. The fourth-order valence-electron chi connectivity index (χ4n) is 8.40. The normalized spacial score (nSPS) is 21.5. The highest BCUT2D eigenvalue weighted by atomic mass is 32.1. The zero-order valence-corrected chi connectivity index (χ0v) is 35.7. The van der Waals surface area contributed by atoms with Gasteiger partial charge in [0.05, 0.1) is 35.6 Å². The van der Waals surface area contributed by atoms with E-state index in [-0.39, 0.29) is 60.0 Å². The van der Waals surface area contributed by atoms with Gasteiger partial charge in [-0.25, -0.2) is 4.98 Å². The Bertz CT molecular complexity index is 2370. The number of amides is 4. The molecule has 15 nitrogen and oxygen atoms in total. The SMILES string of the molecule is C[C@@H]1CN(CCOc2ccc(N3CCCCC(=O)N(c4cnc(C#N)c(C(F)(F)F)c4)C3=S)cc2C2CC2)C[C@H](C)N1CC(=O)Nc1cc(C#N)cc(NC2CCC(=O)NC2=O)c1. The van der Waals surface area contributed by atoms with Gasteiger partial charge in [-0.3, -0.25) is 39.2 Å². The van der Waals surface area contributed by atoms with Crippen LogP contribution in [-0.2, 0) is 25.4 Å².